The third-order valence-corrected chi connectivity index (χ3v) is 3.33. The second-order valence-corrected chi connectivity index (χ2v) is 5.15. The maximum Gasteiger partial charge on any atom is 0.319 e. The van der Waals surface area contributed by atoms with E-state index in [1.165, 1.54) is 5.56 Å². The molecule has 0 radical (unpaired) electrons. The molecule has 0 saturated heterocycles. The Morgan fingerprint density at radius 3 is 2.70 bits per heavy atom. The van der Waals surface area contributed by atoms with Crippen LogP contribution in [-0.2, 0) is 6.42 Å². The van der Waals surface area contributed by atoms with Gasteiger partial charge in [-0.3, -0.25) is 0 Å². The number of hydrogen-bond acceptors (Lipinski definition) is 2. The van der Waals surface area contributed by atoms with Crippen molar-refractivity contribution in [2.75, 3.05) is 18.5 Å². The summed E-state index contributed by atoms with van der Waals surface area (Å²) in [5, 5.41) is 5.59. The second-order valence-electron chi connectivity index (χ2n) is 4.74. The molecular weight excluding hydrogens is 312 g/mol. The fourth-order valence-electron chi connectivity index (χ4n) is 1.93. The van der Waals surface area contributed by atoms with Gasteiger partial charge < -0.3 is 15.4 Å². The molecule has 0 aliphatic heterocycles. The SMILES string of the molecule is C#CCNC(=O)Nc1ccc(OCCc2ccccc2)c(Cl)c1. The summed E-state index contributed by atoms with van der Waals surface area (Å²) >= 11 is 6.17. The van der Waals surface area contributed by atoms with Crippen molar-refractivity contribution in [3.63, 3.8) is 0 Å². The molecule has 2 N–H and O–H groups in total. The van der Waals surface area contributed by atoms with E-state index >= 15 is 0 Å². The summed E-state index contributed by atoms with van der Waals surface area (Å²) in [7, 11) is 0. The molecule has 0 heterocycles. The maximum atomic E-state index is 11.5. The quantitative estimate of drug-likeness (QED) is 0.794. The number of anilines is 1. The van der Waals surface area contributed by atoms with Gasteiger partial charge in [0.25, 0.3) is 0 Å². The number of urea groups is 1. The van der Waals surface area contributed by atoms with E-state index in [0.717, 1.165) is 6.42 Å². The lowest BCUT2D eigenvalue weighted by molar-refractivity contribution is 0.253. The van der Waals surface area contributed by atoms with Crippen LogP contribution in [-0.4, -0.2) is 19.2 Å². The smallest absolute Gasteiger partial charge is 0.319 e. The molecule has 4 nitrogen and oxygen atoms in total. The van der Waals surface area contributed by atoms with Crippen LogP contribution in [0.4, 0.5) is 10.5 Å². The van der Waals surface area contributed by atoms with Gasteiger partial charge in [0, 0.05) is 12.1 Å². The standard InChI is InChI=1S/C18H17ClN2O2/c1-2-11-20-18(22)21-15-8-9-17(16(19)13-15)23-12-10-14-6-4-3-5-7-14/h1,3-9,13H,10-12H2,(H2,20,21,22). The molecule has 0 aliphatic carbocycles. The summed E-state index contributed by atoms with van der Waals surface area (Å²) in [5.74, 6) is 2.90. The highest BCUT2D eigenvalue weighted by molar-refractivity contribution is 6.32. The van der Waals surface area contributed by atoms with Crippen molar-refractivity contribution in [3.8, 4) is 18.1 Å². The lowest BCUT2D eigenvalue weighted by atomic mass is 10.2. The van der Waals surface area contributed by atoms with Crippen LogP contribution in [0.1, 0.15) is 5.56 Å². The number of nitrogens with one attached hydrogen (secondary N) is 2. The highest BCUT2D eigenvalue weighted by Gasteiger charge is 2.06. The van der Waals surface area contributed by atoms with Crippen LogP contribution in [0.5, 0.6) is 5.75 Å². The molecule has 2 amide bonds. The Morgan fingerprint density at radius 2 is 2.00 bits per heavy atom. The summed E-state index contributed by atoms with van der Waals surface area (Å²) in [5.41, 5.74) is 1.77. The van der Waals surface area contributed by atoms with Gasteiger partial charge in [-0.1, -0.05) is 47.9 Å². The topological polar surface area (TPSA) is 50.4 Å². The van der Waals surface area contributed by atoms with E-state index in [1.54, 1.807) is 18.2 Å². The Morgan fingerprint density at radius 1 is 1.22 bits per heavy atom. The molecule has 0 atom stereocenters. The lowest BCUT2D eigenvalue weighted by Crippen LogP contribution is -2.28. The molecular formula is C18H17ClN2O2. The largest absolute Gasteiger partial charge is 0.492 e. The van der Waals surface area contributed by atoms with Crippen LogP contribution in [0, 0.1) is 12.3 Å². The van der Waals surface area contributed by atoms with Crippen molar-refractivity contribution >= 4 is 23.3 Å². The van der Waals surface area contributed by atoms with Crippen LogP contribution in [0.25, 0.3) is 0 Å². The van der Waals surface area contributed by atoms with Gasteiger partial charge in [0.1, 0.15) is 5.75 Å². The zero-order valence-electron chi connectivity index (χ0n) is 12.5. The first-order valence-corrected chi connectivity index (χ1v) is 7.51. The average molecular weight is 329 g/mol. The van der Waals surface area contributed by atoms with Crippen molar-refractivity contribution < 1.29 is 9.53 Å². The van der Waals surface area contributed by atoms with Gasteiger partial charge in [0.2, 0.25) is 0 Å². The first-order valence-electron chi connectivity index (χ1n) is 7.13. The first kappa shape index (κ1) is 16.7. The number of benzene rings is 2. The van der Waals surface area contributed by atoms with Gasteiger partial charge in [-0.2, -0.15) is 0 Å². The number of halogens is 1. The van der Waals surface area contributed by atoms with Gasteiger partial charge in [0.15, 0.2) is 0 Å². The van der Waals surface area contributed by atoms with Crippen molar-refractivity contribution in [3.05, 3.63) is 59.1 Å². The molecule has 0 bridgehead atoms. The highest BCUT2D eigenvalue weighted by Crippen LogP contribution is 2.27. The highest BCUT2D eigenvalue weighted by atomic mass is 35.5. The molecule has 0 unspecified atom stereocenters. The van der Waals surface area contributed by atoms with Crippen LogP contribution in [0.15, 0.2) is 48.5 Å². The van der Waals surface area contributed by atoms with Gasteiger partial charge in [-0.05, 0) is 23.8 Å². The summed E-state index contributed by atoms with van der Waals surface area (Å²) in [6.45, 7) is 0.694. The number of rotatable bonds is 6. The Bertz CT molecular complexity index is 696. The van der Waals surface area contributed by atoms with Crippen LogP contribution >= 0.6 is 11.6 Å². The third kappa shape index (κ3) is 5.57. The molecule has 2 aromatic rings. The fraction of sp³-hybridized carbons (Fsp3) is 0.167. The molecule has 0 saturated carbocycles. The Hall–Kier alpha value is -2.64. The normalized spacial score (nSPS) is 9.74. The monoisotopic (exact) mass is 328 g/mol. The Balaban J connectivity index is 1.86. The van der Waals surface area contributed by atoms with E-state index in [-0.39, 0.29) is 12.6 Å². The third-order valence-electron chi connectivity index (χ3n) is 3.03. The van der Waals surface area contributed by atoms with Crippen molar-refractivity contribution in [2.24, 2.45) is 0 Å². The first-order chi connectivity index (χ1) is 11.2. The molecule has 23 heavy (non-hydrogen) atoms. The van der Waals surface area contributed by atoms with E-state index in [4.69, 9.17) is 22.8 Å². The number of terminal acetylenes is 1. The minimum atomic E-state index is -0.378. The average Bonchev–Trinajstić information content (AvgIpc) is 2.56. The molecule has 2 rings (SSSR count). The molecule has 0 aromatic heterocycles. The van der Waals surface area contributed by atoms with Crippen LogP contribution < -0.4 is 15.4 Å². The zero-order chi connectivity index (χ0) is 16.5. The van der Waals surface area contributed by atoms with Crippen molar-refractivity contribution in [2.45, 2.75) is 6.42 Å². The molecule has 0 fully saturated rings. The van der Waals surface area contributed by atoms with Crippen molar-refractivity contribution in [1.82, 2.24) is 5.32 Å². The van der Waals surface area contributed by atoms with E-state index < -0.39 is 0 Å². The molecule has 0 spiro atoms. The van der Waals surface area contributed by atoms with E-state index in [0.29, 0.717) is 23.1 Å². The predicted octanol–water partition coefficient (Wildman–Crippen LogP) is 3.72. The van der Waals surface area contributed by atoms with Gasteiger partial charge in [0.05, 0.1) is 18.2 Å². The summed E-state index contributed by atoms with van der Waals surface area (Å²) in [6, 6.07) is 14.8. The molecule has 5 heteroatoms. The number of carbonyl (C=O) groups is 1. The number of ether oxygens (including phenoxy) is 1. The van der Waals surface area contributed by atoms with E-state index in [2.05, 4.69) is 16.6 Å². The zero-order valence-corrected chi connectivity index (χ0v) is 13.3. The summed E-state index contributed by atoms with van der Waals surface area (Å²) in [6.07, 6.45) is 5.87. The predicted molar refractivity (Wildman–Crippen MR) is 92.9 cm³/mol. The number of amides is 2. The lowest BCUT2D eigenvalue weighted by Gasteiger charge is -2.10. The molecule has 2 aromatic carbocycles. The molecule has 0 aliphatic rings. The number of carbonyl (C=O) groups excluding carboxylic acids is 1. The molecule has 118 valence electrons. The van der Waals surface area contributed by atoms with E-state index in [9.17, 15) is 4.79 Å². The van der Waals surface area contributed by atoms with Gasteiger partial charge in [-0.15, -0.1) is 6.42 Å². The Labute approximate surface area is 140 Å². The van der Waals surface area contributed by atoms with Crippen LogP contribution in [0.2, 0.25) is 5.02 Å². The van der Waals surface area contributed by atoms with Gasteiger partial charge >= 0.3 is 6.03 Å². The number of hydrogen-bond donors (Lipinski definition) is 2. The van der Waals surface area contributed by atoms with Gasteiger partial charge in [-0.25, -0.2) is 4.79 Å². The van der Waals surface area contributed by atoms with E-state index in [1.807, 2.05) is 30.3 Å². The summed E-state index contributed by atoms with van der Waals surface area (Å²) in [4.78, 5) is 11.5. The second kappa shape index (κ2) is 8.72. The minimum Gasteiger partial charge on any atom is -0.492 e. The summed E-state index contributed by atoms with van der Waals surface area (Å²) < 4.78 is 5.68. The Kier molecular flexibility index (Phi) is 6.34. The van der Waals surface area contributed by atoms with Crippen molar-refractivity contribution in [1.29, 1.82) is 0 Å². The fourth-order valence-corrected chi connectivity index (χ4v) is 2.16. The van der Waals surface area contributed by atoms with Crippen LogP contribution in [0.3, 0.4) is 0 Å². The maximum absolute atomic E-state index is 11.5. The minimum absolute atomic E-state index is 0.167.